The van der Waals surface area contributed by atoms with Crippen molar-refractivity contribution in [2.75, 3.05) is 11.4 Å². The number of carboxylic acids is 1. The van der Waals surface area contributed by atoms with E-state index in [1.54, 1.807) is 11.3 Å². The van der Waals surface area contributed by atoms with E-state index in [1.165, 1.54) is 4.88 Å². The fraction of sp³-hybridized carbons (Fsp3) is 0.375. The highest BCUT2D eigenvalue weighted by molar-refractivity contribution is 7.11. The molecular formula is C16H20N2O2S. The number of aryl methyl sites for hydroxylation is 2. The Kier molecular flexibility index (Phi) is 5.33. The van der Waals surface area contributed by atoms with Crippen molar-refractivity contribution in [2.45, 2.75) is 33.2 Å². The van der Waals surface area contributed by atoms with Gasteiger partial charge in [-0.05, 0) is 32.4 Å². The monoisotopic (exact) mass is 304 g/mol. The van der Waals surface area contributed by atoms with Gasteiger partial charge in [-0.1, -0.05) is 18.2 Å². The highest BCUT2D eigenvalue weighted by Gasteiger charge is 2.12. The van der Waals surface area contributed by atoms with Crippen LogP contribution in [0, 0.1) is 13.8 Å². The van der Waals surface area contributed by atoms with E-state index in [0.717, 1.165) is 29.5 Å². The molecule has 0 amide bonds. The van der Waals surface area contributed by atoms with Crippen LogP contribution in [0.4, 0.5) is 5.69 Å². The van der Waals surface area contributed by atoms with Crippen molar-refractivity contribution in [2.24, 2.45) is 0 Å². The lowest BCUT2D eigenvalue weighted by atomic mass is 10.2. The van der Waals surface area contributed by atoms with Gasteiger partial charge in [-0.3, -0.25) is 4.79 Å². The van der Waals surface area contributed by atoms with Crippen molar-refractivity contribution in [3.8, 4) is 0 Å². The number of benzene rings is 1. The molecule has 0 spiro atoms. The highest BCUT2D eigenvalue weighted by atomic mass is 32.1. The number of hydrogen-bond donors (Lipinski definition) is 1. The van der Waals surface area contributed by atoms with Gasteiger partial charge in [0.2, 0.25) is 0 Å². The maximum Gasteiger partial charge on any atom is 0.303 e. The zero-order valence-corrected chi connectivity index (χ0v) is 13.2. The van der Waals surface area contributed by atoms with Gasteiger partial charge in [0.15, 0.2) is 0 Å². The average Bonchev–Trinajstić information content (AvgIpc) is 2.76. The summed E-state index contributed by atoms with van der Waals surface area (Å²) in [6.45, 7) is 5.55. The van der Waals surface area contributed by atoms with Crippen molar-refractivity contribution < 1.29 is 9.90 Å². The van der Waals surface area contributed by atoms with Crippen LogP contribution in [0.5, 0.6) is 0 Å². The minimum Gasteiger partial charge on any atom is -0.481 e. The van der Waals surface area contributed by atoms with E-state index in [9.17, 15) is 4.79 Å². The Balaban J connectivity index is 2.11. The van der Waals surface area contributed by atoms with E-state index in [-0.39, 0.29) is 6.42 Å². The van der Waals surface area contributed by atoms with Crippen molar-refractivity contribution in [1.82, 2.24) is 4.98 Å². The van der Waals surface area contributed by atoms with Crippen LogP contribution in [0.3, 0.4) is 0 Å². The van der Waals surface area contributed by atoms with Gasteiger partial charge >= 0.3 is 5.97 Å². The molecule has 0 bridgehead atoms. The number of hydrogen-bond acceptors (Lipinski definition) is 4. The Morgan fingerprint density at radius 3 is 2.57 bits per heavy atom. The van der Waals surface area contributed by atoms with Gasteiger partial charge in [0, 0.05) is 23.5 Å². The molecule has 1 aromatic heterocycles. The van der Waals surface area contributed by atoms with Crippen molar-refractivity contribution in [1.29, 1.82) is 0 Å². The largest absolute Gasteiger partial charge is 0.481 e. The lowest BCUT2D eigenvalue weighted by molar-refractivity contribution is -0.137. The smallest absolute Gasteiger partial charge is 0.303 e. The Morgan fingerprint density at radius 2 is 2.00 bits per heavy atom. The van der Waals surface area contributed by atoms with Crippen LogP contribution >= 0.6 is 11.3 Å². The lowest BCUT2D eigenvalue weighted by Crippen LogP contribution is -2.24. The minimum absolute atomic E-state index is 0.198. The summed E-state index contributed by atoms with van der Waals surface area (Å²) in [7, 11) is 0. The van der Waals surface area contributed by atoms with E-state index >= 15 is 0 Å². The normalized spacial score (nSPS) is 10.6. The summed E-state index contributed by atoms with van der Waals surface area (Å²) in [6, 6.07) is 10.1. The molecule has 2 rings (SSSR count). The summed E-state index contributed by atoms with van der Waals surface area (Å²) in [5.74, 6) is -0.743. The number of carboxylic acid groups (broad SMARTS) is 1. The third-order valence-electron chi connectivity index (χ3n) is 3.27. The van der Waals surface area contributed by atoms with Crippen molar-refractivity contribution in [3.05, 3.63) is 45.9 Å². The number of nitrogens with zero attached hydrogens (tertiary/aromatic N) is 2. The zero-order valence-electron chi connectivity index (χ0n) is 12.4. The first-order valence-corrected chi connectivity index (χ1v) is 7.82. The summed E-state index contributed by atoms with van der Waals surface area (Å²) in [6.07, 6.45) is 0.838. The first-order chi connectivity index (χ1) is 10.1. The third-order valence-corrected chi connectivity index (χ3v) is 4.33. The molecule has 5 heteroatoms. The molecule has 1 aromatic carbocycles. The van der Waals surface area contributed by atoms with Crippen LogP contribution in [0.1, 0.15) is 28.4 Å². The van der Waals surface area contributed by atoms with Crippen LogP contribution in [0.25, 0.3) is 0 Å². The highest BCUT2D eigenvalue weighted by Crippen LogP contribution is 2.23. The lowest BCUT2D eigenvalue weighted by Gasteiger charge is -2.24. The number of carbonyl (C=O) groups is 1. The molecule has 0 saturated heterocycles. The topological polar surface area (TPSA) is 53.4 Å². The molecule has 0 aliphatic rings. The number of rotatable bonds is 7. The second-order valence-corrected chi connectivity index (χ2v) is 6.28. The molecule has 0 unspecified atom stereocenters. The first kappa shape index (κ1) is 15.5. The number of para-hydroxylation sites is 1. The second kappa shape index (κ2) is 7.22. The Bertz CT molecular complexity index is 596. The number of anilines is 1. The van der Waals surface area contributed by atoms with Crippen LogP contribution in [-0.4, -0.2) is 22.6 Å². The summed E-state index contributed by atoms with van der Waals surface area (Å²) in [5.41, 5.74) is 2.19. The summed E-state index contributed by atoms with van der Waals surface area (Å²) in [4.78, 5) is 18.6. The summed E-state index contributed by atoms with van der Waals surface area (Å²) < 4.78 is 0. The molecule has 2 aromatic rings. The van der Waals surface area contributed by atoms with Crippen molar-refractivity contribution in [3.63, 3.8) is 0 Å². The minimum atomic E-state index is -0.743. The SMILES string of the molecule is Cc1nc(C)c(CN(CCCC(=O)O)c2ccccc2)s1. The van der Waals surface area contributed by atoms with Gasteiger partial charge in [-0.2, -0.15) is 0 Å². The maximum atomic E-state index is 10.7. The van der Waals surface area contributed by atoms with E-state index < -0.39 is 5.97 Å². The maximum absolute atomic E-state index is 10.7. The molecule has 1 heterocycles. The predicted octanol–water partition coefficient (Wildman–Crippen LogP) is 3.63. The first-order valence-electron chi connectivity index (χ1n) is 7.01. The van der Waals surface area contributed by atoms with E-state index in [1.807, 2.05) is 32.0 Å². The number of aromatic nitrogens is 1. The van der Waals surface area contributed by atoms with Crippen molar-refractivity contribution >= 4 is 23.0 Å². The predicted molar refractivity (Wildman–Crippen MR) is 85.9 cm³/mol. The van der Waals surface area contributed by atoms with Gasteiger partial charge in [0.25, 0.3) is 0 Å². The fourth-order valence-corrected chi connectivity index (χ4v) is 3.21. The third kappa shape index (κ3) is 4.56. The van der Waals surface area contributed by atoms with Crippen LogP contribution in [0.2, 0.25) is 0 Å². The molecule has 0 fully saturated rings. The Hall–Kier alpha value is -1.88. The fourth-order valence-electron chi connectivity index (χ4n) is 2.25. The molecule has 0 saturated carbocycles. The quantitative estimate of drug-likeness (QED) is 0.848. The molecule has 21 heavy (non-hydrogen) atoms. The Morgan fingerprint density at radius 1 is 1.29 bits per heavy atom. The number of thiazole rings is 1. The molecule has 112 valence electrons. The Labute approximate surface area is 129 Å². The summed E-state index contributed by atoms with van der Waals surface area (Å²) >= 11 is 1.71. The zero-order chi connectivity index (χ0) is 15.2. The van der Waals surface area contributed by atoms with E-state index in [2.05, 4.69) is 22.0 Å². The van der Waals surface area contributed by atoms with Crippen LogP contribution in [0.15, 0.2) is 30.3 Å². The molecule has 0 atom stereocenters. The molecule has 0 aliphatic carbocycles. The molecular weight excluding hydrogens is 284 g/mol. The van der Waals surface area contributed by atoms with Gasteiger partial charge in [-0.25, -0.2) is 4.98 Å². The molecule has 0 aliphatic heterocycles. The molecule has 0 radical (unpaired) electrons. The van der Waals surface area contributed by atoms with Gasteiger partial charge < -0.3 is 10.0 Å². The van der Waals surface area contributed by atoms with Gasteiger partial charge in [0.05, 0.1) is 17.2 Å². The molecule has 1 N–H and O–H groups in total. The van der Waals surface area contributed by atoms with Gasteiger partial charge in [-0.15, -0.1) is 11.3 Å². The van der Waals surface area contributed by atoms with E-state index in [4.69, 9.17) is 5.11 Å². The van der Waals surface area contributed by atoms with Crippen LogP contribution < -0.4 is 4.90 Å². The average molecular weight is 304 g/mol. The molecule has 4 nitrogen and oxygen atoms in total. The van der Waals surface area contributed by atoms with Crippen LogP contribution in [-0.2, 0) is 11.3 Å². The number of aliphatic carboxylic acids is 1. The summed E-state index contributed by atoms with van der Waals surface area (Å²) in [5, 5.41) is 9.88. The standard InChI is InChI=1S/C16H20N2O2S/c1-12-15(21-13(2)17-12)11-18(10-6-9-16(19)20)14-7-4-3-5-8-14/h3-5,7-8H,6,9-11H2,1-2H3,(H,19,20). The van der Waals surface area contributed by atoms with Gasteiger partial charge in [0.1, 0.15) is 0 Å². The second-order valence-electron chi connectivity index (χ2n) is 5.00. The van der Waals surface area contributed by atoms with E-state index in [0.29, 0.717) is 6.42 Å².